The highest BCUT2D eigenvalue weighted by molar-refractivity contribution is 5.75. The molecule has 2 N–H and O–H groups in total. The summed E-state index contributed by atoms with van der Waals surface area (Å²) in [6.07, 6.45) is 2.28. The van der Waals surface area contributed by atoms with Crippen LogP contribution in [0.2, 0.25) is 0 Å². The van der Waals surface area contributed by atoms with E-state index in [0.717, 1.165) is 6.42 Å². The number of nitrogens with one attached hydrogen (secondary N) is 2. The van der Waals surface area contributed by atoms with Crippen LogP contribution in [-0.4, -0.2) is 21.5 Å². The highest BCUT2D eigenvalue weighted by Gasteiger charge is 2.11. The van der Waals surface area contributed by atoms with Crippen LogP contribution in [-0.2, 0) is 11.3 Å². The van der Waals surface area contributed by atoms with Crippen LogP contribution < -0.4 is 16.6 Å². The SMILES string of the molecule is Cc1cn(CC(=O)NC(C)CC(C)C)c(=O)[nH]c1=O. The van der Waals surface area contributed by atoms with Gasteiger partial charge in [0.15, 0.2) is 0 Å². The standard InChI is InChI=1S/C13H21N3O3/c1-8(2)5-10(4)14-11(17)7-16-6-9(3)12(18)15-13(16)19/h6,8,10H,5,7H2,1-4H3,(H,14,17)(H,15,18,19). The molecule has 6 nitrogen and oxygen atoms in total. The molecular formula is C13H21N3O3. The number of aromatic nitrogens is 2. The van der Waals surface area contributed by atoms with E-state index in [0.29, 0.717) is 11.5 Å². The molecular weight excluding hydrogens is 246 g/mol. The molecule has 106 valence electrons. The number of hydrogen-bond donors (Lipinski definition) is 2. The molecule has 1 amide bonds. The fourth-order valence-corrected chi connectivity index (χ4v) is 1.98. The van der Waals surface area contributed by atoms with Crippen LogP contribution in [0.15, 0.2) is 15.8 Å². The second-order valence-corrected chi connectivity index (χ2v) is 5.30. The maximum atomic E-state index is 11.8. The summed E-state index contributed by atoms with van der Waals surface area (Å²) < 4.78 is 1.20. The zero-order valence-electron chi connectivity index (χ0n) is 11.8. The molecule has 1 aromatic rings. The van der Waals surface area contributed by atoms with Crippen molar-refractivity contribution in [2.24, 2.45) is 5.92 Å². The Balaban J connectivity index is 2.70. The second kappa shape index (κ2) is 6.36. The highest BCUT2D eigenvalue weighted by Crippen LogP contribution is 2.03. The number of rotatable bonds is 5. The number of carbonyl (C=O) groups excluding carboxylic acids is 1. The van der Waals surface area contributed by atoms with Gasteiger partial charge in [0, 0.05) is 17.8 Å². The molecule has 1 heterocycles. The Morgan fingerprint density at radius 1 is 1.37 bits per heavy atom. The van der Waals surface area contributed by atoms with E-state index in [-0.39, 0.29) is 18.5 Å². The largest absolute Gasteiger partial charge is 0.352 e. The zero-order chi connectivity index (χ0) is 14.6. The Kier molecular flexibility index (Phi) is 5.09. The minimum atomic E-state index is -0.567. The van der Waals surface area contributed by atoms with E-state index in [2.05, 4.69) is 24.1 Å². The van der Waals surface area contributed by atoms with Gasteiger partial charge in [-0.05, 0) is 26.2 Å². The number of nitrogens with zero attached hydrogens (tertiary/aromatic N) is 1. The number of aromatic amines is 1. The maximum absolute atomic E-state index is 11.8. The monoisotopic (exact) mass is 267 g/mol. The Morgan fingerprint density at radius 3 is 2.58 bits per heavy atom. The van der Waals surface area contributed by atoms with Crippen molar-refractivity contribution >= 4 is 5.91 Å². The van der Waals surface area contributed by atoms with Crippen LogP contribution in [0, 0.1) is 12.8 Å². The molecule has 0 fully saturated rings. The minimum Gasteiger partial charge on any atom is -0.352 e. The van der Waals surface area contributed by atoms with E-state index in [9.17, 15) is 14.4 Å². The fraction of sp³-hybridized carbons (Fsp3) is 0.615. The third-order valence-corrected chi connectivity index (χ3v) is 2.74. The number of hydrogen-bond acceptors (Lipinski definition) is 3. The molecule has 19 heavy (non-hydrogen) atoms. The number of H-pyrrole nitrogens is 1. The van der Waals surface area contributed by atoms with E-state index >= 15 is 0 Å². The Hall–Kier alpha value is -1.85. The predicted molar refractivity (Wildman–Crippen MR) is 73.1 cm³/mol. The third kappa shape index (κ3) is 4.73. The first-order valence-corrected chi connectivity index (χ1v) is 6.39. The van der Waals surface area contributed by atoms with E-state index in [1.54, 1.807) is 6.92 Å². The van der Waals surface area contributed by atoms with Gasteiger partial charge in [0.1, 0.15) is 6.54 Å². The van der Waals surface area contributed by atoms with Gasteiger partial charge in [0.2, 0.25) is 5.91 Å². The van der Waals surface area contributed by atoms with Gasteiger partial charge < -0.3 is 5.32 Å². The molecule has 0 spiro atoms. The van der Waals surface area contributed by atoms with Gasteiger partial charge in [-0.15, -0.1) is 0 Å². The van der Waals surface area contributed by atoms with Gasteiger partial charge in [0.05, 0.1) is 0 Å². The van der Waals surface area contributed by atoms with Crippen LogP contribution in [0.1, 0.15) is 32.8 Å². The van der Waals surface area contributed by atoms with Crippen molar-refractivity contribution < 1.29 is 4.79 Å². The van der Waals surface area contributed by atoms with Gasteiger partial charge in [-0.1, -0.05) is 13.8 Å². The van der Waals surface area contributed by atoms with Crippen molar-refractivity contribution in [2.45, 2.75) is 46.7 Å². The molecule has 6 heteroatoms. The normalized spacial score (nSPS) is 12.5. The van der Waals surface area contributed by atoms with Crippen molar-refractivity contribution in [1.82, 2.24) is 14.9 Å². The van der Waals surface area contributed by atoms with Crippen LogP contribution in [0.4, 0.5) is 0 Å². The summed E-state index contributed by atoms with van der Waals surface area (Å²) in [4.78, 5) is 36.7. The number of carbonyl (C=O) groups is 1. The first-order chi connectivity index (χ1) is 8.79. The van der Waals surface area contributed by atoms with Gasteiger partial charge in [-0.3, -0.25) is 19.1 Å². The Labute approximate surface area is 111 Å². The van der Waals surface area contributed by atoms with Crippen molar-refractivity contribution in [3.05, 3.63) is 32.6 Å². The fourth-order valence-electron chi connectivity index (χ4n) is 1.98. The van der Waals surface area contributed by atoms with Crippen molar-refractivity contribution in [3.8, 4) is 0 Å². The molecule has 1 aromatic heterocycles. The summed E-state index contributed by atoms with van der Waals surface area (Å²) in [6, 6.07) is 0.0621. The highest BCUT2D eigenvalue weighted by atomic mass is 16.2. The van der Waals surface area contributed by atoms with Crippen molar-refractivity contribution in [1.29, 1.82) is 0 Å². The maximum Gasteiger partial charge on any atom is 0.328 e. The molecule has 0 saturated heterocycles. The summed E-state index contributed by atoms with van der Waals surface area (Å²) in [7, 11) is 0. The summed E-state index contributed by atoms with van der Waals surface area (Å²) in [5.74, 6) is 0.259. The lowest BCUT2D eigenvalue weighted by Crippen LogP contribution is -2.39. The van der Waals surface area contributed by atoms with Crippen molar-refractivity contribution in [2.75, 3.05) is 0 Å². The molecule has 0 bridgehead atoms. The van der Waals surface area contributed by atoms with E-state index < -0.39 is 11.2 Å². The summed E-state index contributed by atoms with van der Waals surface area (Å²) in [5, 5.41) is 2.83. The van der Waals surface area contributed by atoms with Crippen LogP contribution in [0.5, 0.6) is 0 Å². The zero-order valence-corrected chi connectivity index (χ0v) is 11.8. The van der Waals surface area contributed by atoms with Gasteiger partial charge in [0.25, 0.3) is 5.56 Å². The first-order valence-electron chi connectivity index (χ1n) is 6.39. The van der Waals surface area contributed by atoms with Crippen LogP contribution in [0.3, 0.4) is 0 Å². The van der Waals surface area contributed by atoms with Crippen molar-refractivity contribution in [3.63, 3.8) is 0 Å². The molecule has 0 aromatic carbocycles. The topological polar surface area (TPSA) is 84.0 Å². The average Bonchev–Trinajstić information content (AvgIpc) is 2.24. The minimum absolute atomic E-state index is 0.0621. The number of aryl methyl sites for hydroxylation is 1. The lowest BCUT2D eigenvalue weighted by molar-refractivity contribution is -0.122. The van der Waals surface area contributed by atoms with Gasteiger partial charge in [-0.2, -0.15) is 0 Å². The smallest absolute Gasteiger partial charge is 0.328 e. The Morgan fingerprint density at radius 2 is 2.00 bits per heavy atom. The summed E-state index contributed by atoms with van der Waals surface area (Å²) in [6.45, 7) is 7.60. The molecule has 0 saturated carbocycles. The molecule has 0 aliphatic heterocycles. The van der Waals surface area contributed by atoms with E-state index in [1.807, 2.05) is 6.92 Å². The van der Waals surface area contributed by atoms with Gasteiger partial charge >= 0.3 is 5.69 Å². The third-order valence-electron chi connectivity index (χ3n) is 2.74. The predicted octanol–water partition coefficient (Wildman–Crippen LogP) is 0.396. The lowest BCUT2D eigenvalue weighted by atomic mass is 10.1. The molecule has 0 aliphatic rings. The van der Waals surface area contributed by atoms with Crippen LogP contribution in [0.25, 0.3) is 0 Å². The van der Waals surface area contributed by atoms with Crippen LogP contribution >= 0.6 is 0 Å². The summed E-state index contributed by atoms with van der Waals surface area (Å²) in [5.41, 5.74) is -0.584. The molecule has 1 unspecified atom stereocenters. The summed E-state index contributed by atoms with van der Waals surface area (Å²) >= 11 is 0. The quantitative estimate of drug-likeness (QED) is 0.809. The second-order valence-electron chi connectivity index (χ2n) is 5.30. The first kappa shape index (κ1) is 15.2. The Bertz CT molecular complexity index is 557. The van der Waals surface area contributed by atoms with E-state index in [1.165, 1.54) is 10.8 Å². The number of amides is 1. The lowest BCUT2D eigenvalue weighted by Gasteiger charge is -2.16. The van der Waals surface area contributed by atoms with Gasteiger partial charge in [-0.25, -0.2) is 4.79 Å². The molecule has 0 aliphatic carbocycles. The van der Waals surface area contributed by atoms with E-state index in [4.69, 9.17) is 0 Å². The molecule has 1 atom stereocenters. The molecule has 1 rings (SSSR count). The molecule has 0 radical (unpaired) electrons. The average molecular weight is 267 g/mol.